The topological polar surface area (TPSA) is 80.5 Å². The molecule has 0 aliphatic carbocycles. The molecule has 0 bridgehead atoms. The molecule has 5 nitrogen and oxygen atoms in total. The van der Waals surface area contributed by atoms with Crippen molar-refractivity contribution in [2.45, 2.75) is 11.8 Å². The number of nitrogens with two attached hydrogens (primary N) is 1. The molecule has 0 aromatic heterocycles. The number of carbonyl (C=O) groups is 1. The maximum absolute atomic E-state index is 12.4. The molecule has 0 saturated carbocycles. The summed E-state index contributed by atoms with van der Waals surface area (Å²) in [7, 11) is -3.84. The minimum atomic E-state index is -3.84. The second kappa shape index (κ2) is 6.49. The first-order chi connectivity index (χ1) is 9.31. The van der Waals surface area contributed by atoms with Crippen LogP contribution in [0.4, 0.5) is 0 Å². The fourth-order valence-electron chi connectivity index (χ4n) is 1.73. The first kappa shape index (κ1) is 16.1. The Balaban J connectivity index is 3.26. The number of carbonyl (C=O) groups excluding carboxylic acids is 1. The van der Waals surface area contributed by atoms with E-state index in [0.29, 0.717) is 24.2 Å². The minimum Gasteiger partial charge on any atom is -0.331 e. The van der Waals surface area contributed by atoms with Gasteiger partial charge in [-0.2, -0.15) is 0 Å². The number of aryl methyl sites for hydroxylation is 1. The van der Waals surface area contributed by atoms with Gasteiger partial charge >= 0.3 is 0 Å². The van der Waals surface area contributed by atoms with E-state index in [1.165, 1.54) is 17.0 Å². The molecular weight excluding hydrogens is 276 g/mol. The van der Waals surface area contributed by atoms with Crippen molar-refractivity contribution in [2.24, 2.45) is 5.14 Å². The van der Waals surface area contributed by atoms with Crippen LogP contribution >= 0.6 is 0 Å². The maximum atomic E-state index is 12.4. The maximum Gasteiger partial charge on any atom is 0.254 e. The lowest BCUT2D eigenvalue weighted by Gasteiger charge is -2.20. The van der Waals surface area contributed by atoms with Crippen LogP contribution in [0.3, 0.4) is 0 Å². The Morgan fingerprint density at radius 1 is 1.30 bits per heavy atom. The molecule has 0 aliphatic heterocycles. The van der Waals surface area contributed by atoms with Crippen molar-refractivity contribution in [3.05, 3.63) is 54.6 Å². The number of nitrogens with zero attached hydrogens (tertiary/aromatic N) is 1. The molecule has 0 spiro atoms. The van der Waals surface area contributed by atoms with Gasteiger partial charge in [0.1, 0.15) is 0 Å². The smallest absolute Gasteiger partial charge is 0.254 e. The Morgan fingerprint density at radius 2 is 1.85 bits per heavy atom. The van der Waals surface area contributed by atoms with E-state index >= 15 is 0 Å². The lowest BCUT2D eigenvalue weighted by atomic mass is 10.1. The van der Waals surface area contributed by atoms with Gasteiger partial charge in [0.25, 0.3) is 5.91 Å². The van der Waals surface area contributed by atoms with E-state index in [9.17, 15) is 13.2 Å². The van der Waals surface area contributed by atoms with Crippen molar-refractivity contribution < 1.29 is 13.2 Å². The third-order valence-corrected chi connectivity index (χ3v) is 3.67. The van der Waals surface area contributed by atoms with Gasteiger partial charge in [0.15, 0.2) is 0 Å². The van der Waals surface area contributed by atoms with E-state index in [1.807, 2.05) is 0 Å². The molecule has 108 valence electrons. The van der Waals surface area contributed by atoms with Crippen LogP contribution < -0.4 is 5.14 Å². The van der Waals surface area contributed by atoms with Gasteiger partial charge in [-0.15, -0.1) is 13.2 Å². The number of hydrogen-bond acceptors (Lipinski definition) is 3. The van der Waals surface area contributed by atoms with E-state index in [-0.39, 0.29) is 10.8 Å². The first-order valence-electron chi connectivity index (χ1n) is 5.95. The van der Waals surface area contributed by atoms with Crippen molar-refractivity contribution in [3.63, 3.8) is 0 Å². The lowest BCUT2D eigenvalue weighted by molar-refractivity contribution is 0.0790. The monoisotopic (exact) mass is 294 g/mol. The molecule has 1 aromatic carbocycles. The molecule has 1 amide bonds. The highest BCUT2D eigenvalue weighted by molar-refractivity contribution is 7.89. The van der Waals surface area contributed by atoms with Crippen LogP contribution in [-0.2, 0) is 10.0 Å². The standard InChI is InChI=1S/C14H18N2O3S/c1-4-8-16(9-5-2)14(17)13-10-12(20(15,18)19)7-6-11(13)3/h4-7,10H,1-2,8-9H2,3H3,(H2,15,18,19). The number of primary sulfonamides is 1. The average molecular weight is 294 g/mol. The van der Waals surface area contributed by atoms with Crippen LogP contribution in [0.5, 0.6) is 0 Å². The van der Waals surface area contributed by atoms with Crippen LogP contribution in [0.1, 0.15) is 15.9 Å². The van der Waals surface area contributed by atoms with Crippen molar-refractivity contribution in [2.75, 3.05) is 13.1 Å². The summed E-state index contributed by atoms with van der Waals surface area (Å²) in [6.07, 6.45) is 3.19. The predicted octanol–water partition coefficient (Wildman–Crippen LogP) is 1.46. The van der Waals surface area contributed by atoms with Gasteiger partial charge in [-0.1, -0.05) is 18.2 Å². The summed E-state index contributed by atoms with van der Waals surface area (Å²) in [5.74, 6) is -0.284. The summed E-state index contributed by atoms with van der Waals surface area (Å²) >= 11 is 0. The Bertz CT molecular complexity index is 626. The Morgan fingerprint density at radius 3 is 2.30 bits per heavy atom. The second-order valence-corrected chi connectivity index (χ2v) is 5.87. The molecule has 1 aromatic rings. The molecule has 0 radical (unpaired) electrons. The molecule has 0 aliphatic rings. The zero-order valence-electron chi connectivity index (χ0n) is 11.4. The average Bonchev–Trinajstić information content (AvgIpc) is 2.37. The third kappa shape index (κ3) is 3.79. The molecule has 1 rings (SSSR count). The molecule has 0 unspecified atom stereocenters. The molecule has 0 heterocycles. The van der Waals surface area contributed by atoms with Gasteiger partial charge in [-0.3, -0.25) is 4.79 Å². The molecular formula is C14H18N2O3S. The van der Waals surface area contributed by atoms with E-state index < -0.39 is 10.0 Å². The number of sulfonamides is 1. The summed E-state index contributed by atoms with van der Waals surface area (Å²) in [6, 6.07) is 4.24. The van der Waals surface area contributed by atoms with Crippen molar-refractivity contribution in [1.29, 1.82) is 0 Å². The van der Waals surface area contributed by atoms with Crippen molar-refractivity contribution >= 4 is 15.9 Å². The minimum absolute atomic E-state index is 0.0800. The van der Waals surface area contributed by atoms with E-state index in [1.54, 1.807) is 25.1 Å². The second-order valence-electron chi connectivity index (χ2n) is 4.31. The zero-order valence-corrected chi connectivity index (χ0v) is 12.2. The SMILES string of the molecule is C=CCN(CC=C)C(=O)c1cc(S(N)(=O)=O)ccc1C. The Labute approximate surface area is 119 Å². The van der Waals surface area contributed by atoms with Crippen LogP contribution in [0.15, 0.2) is 48.4 Å². The molecule has 0 fully saturated rings. The molecule has 6 heteroatoms. The summed E-state index contributed by atoms with van der Waals surface area (Å²) in [6.45, 7) is 9.63. The fourth-order valence-corrected chi connectivity index (χ4v) is 2.27. The van der Waals surface area contributed by atoms with E-state index in [0.717, 1.165) is 0 Å². The Hall–Kier alpha value is -1.92. The van der Waals surface area contributed by atoms with Crippen molar-refractivity contribution in [1.82, 2.24) is 4.90 Å². The van der Waals surface area contributed by atoms with Gasteiger partial charge in [0, 0.05) is 18.7 Å². The van der Waals surface area contributed by atoms with Gasteiger partial charge in [-0.25, -0.2) is 13.6 Å². The van der Waals surface area contributed by atoms with Crippen molar-refractivity contribution in [3.8, 4) is 0 Å². The highest BCUT2D eigenvalue weighted by atomic mass is 32.2. The van der Waals surface area contributed by atoms with Crippen LogP contribution in [0, 0.1) is 6.92 Å². The lowest BCUT2D eigenvalue weighted by Crippen LogP contribution is -2.32. The van der Waals surface area contributed by atoms with Gasteiger partial charge in [-0.05, 0) is 24.6 Å². The summed E-state index contributed by atoms with van der Waals surface area (Å²) in [5, 5.41) is 5.08. The highest BCUT2D eigenvalue weighted by Crippen LogP contribution is 2.16. The Kier molecular flexibility index (Phi) is 5.24. The number of hydrogen-bond donors (Lipinski definition) is 1. The van der Waals surface area contributed by atoms with Crippen LogP contribution in [0.25, 0.3) is 0 Å². The highest BCUT2D eigenvalue weighted by Gasteiger charge is 2.18. The number of benzene rings is 1. The van der Waals surface area contributed by atoms with Crippen LogP contribution in [0.2, 0.25) is 0 Å². The number of rotatable bonds is 6. The number of amides is 1. The molecule has 0 saturated heterocycles. The van der Waals surface area contributed by atoms with Crippen LogP contribution in [-0.4, -0.2) is 32.3 Å². The van der Waals surface area contributed by atoms with Gasteiger partial charge in [0.2, 0.25) is 10.0 Å². The normalized spacial score (nSPS) is 10.9. The first-order valence-corrected chi connectivity index (χ1v) is 7.50. The largest absolute Gasteiger partial charge is 0.331 e. The fraction of sp³-hybridized carbons (Fsp3) is 0.214. The molecule has 20 heavy (non-hydrogen) atoms. The van der Waals surface area contributed by atoms with Gasteiger partial charge < -0.3 is 4.90 Å². The van der Waals surface area contributed by atoms with E-state index in [2.05, 4.69) is 13.2 Å². The summed E-state index contributed by atoms with van der Waals surface area (Å²) in [4.78, 5) is 13.8. The summed E-state index contributed by atoms with van der Waals surface area (Å²) in [5.41, 5.74) is 0.987. The van der Waals surface area contributed by atoms with Gasteiger partial charge in [0.05, 0.1) is 4.90 Å². The summed E-state index contributed by atoms with van der Waals surface area (Å²) < 4.78 is 22.7. The van der Waals surface area contributed by atoms with E-state index in [4.69, 9.17) is 5.14 Å². The zero-order chi connectivity index (χ0) is 15.3. The third-order valence-electron chi connectivity index (χ3n) is 2.75. The quantitative estimate of drug-likeness (QED) is 0.806. The molecule has 2 N–H and O–H groups in total. The predicted molar refractivity (Wildman–Crippen MR) is 78.8 cm³/mol. The molecule has 0 atom stereocenters.